The maximum Gasteiger partial charge on any atom is 0.315 e. The Morgan fingerprint density at radius 1 is 0.979 bits per heavy atom. The number of urea groups is 1. The molecule has 5 amide bonds. The fourth-order valence-corrected chi connectivity index (χ4v) is 7.04. The molecule has 1 aromatic rings. The lowest BCUT2D eigenvalue weighted by atomic mass is 9.85. The number of thioether (sulfide) groups is 1. The molecular formula is C36H59N5O5S. The number of hydrogen-bond acceptors (Lipinski definition) is 6. The minimum atomic E-state index is -1.10. The Morgan fingerprint density at radius 3 is 2.26 bits per heavy atom. The number of nitrogens with two attached hydrogens (primary N) is 1. The van der Waals surface area contributed by atoms with Gasteiger partial charge in [0, 0.05) is 22.7 Å². The fourth-order valence-electron chi connectivity index (χ4n) is 5.90. The van der Waals surface area contributed by atoms with Gasteiger partial charge in [-0.1, -0.05) is 91.8 Å². The first-order valence-corrected chi connectivity index (χ1v) is 18.3. The van der Waals surface area contributed by atoms with Crippen LogP contribution in [0.1, 0.15) is 113 Å². The molecule has 0 saturated carbocycles. The summed E-state index contributed by atoms with van der Waals surface area (Å²) >= 11 is 1.76. The Bertz CT molecular complexity index is 1190. The molecule has 1 fully saturated rings. The molecule has 5 N–H and O–H groups in total. The lowest BCUT2D eigenvalue weighted by Gasteiger charge is -2.37. The minimum absolute atomic E-state index is 0.0761. The summed E-state index contributed by atoms with van der Waals surface area (Å²) in [6.45, 7) is 14.1. The molecular weight excluding hydrogens is 614 g/mol. The maximum atomic E-state index is 14.1. The highest BCUT2D eigenvalue weighted by Gasteiger charge is 2.43. The van der Waals surface area contributed by atoms with Gasteiger partial charge in [-0.05, 0) is 62.5 Å². The summed E-state index contributed by atoms with van der Waals surface area (Å²) in [5.74, 6) is -1.89. The molecule has 0 aliphatic carbocycles. The zero-order chi connectivity index (χ0) is 35.2. The van der Waals surface area contributed by atoms with Gasteiger partial charge in [-0.2, -0.15) is 0 Å². The number of unbranched alkanes of at least 4 members (excludes halogenated alkanes) is 3. The third kappa shape index (κ3) is 13.2. The van der Waals surface area contributed by atoms with Crippen molar-refractivity contribution in [2.45, 2.75) is 141 Å². The Labute approximate surface area is 286 Å². The van der Waals surface area contributed by atoms with E-state index in [0.29, 0.717) is 19.4 Å². The molecule has 5 atom stereocenters. The van der Waals surface area contributed by atoms with Crippen LogP contribution in [0.25, 0.3) is 0 Å². The molecule has 1 saturated heterocycles. The topological polar surface area (TPSA) is 151 Å². The highest BCUT2D eigenvalue weighted by molar-refractivity contribution is 7.99. The first-order valence-electron chi connectivity index (χ1n) is 17.3. The van der Waals surface area contributed by atoms with Crippen LogP contribution < -0.4 is 21.7 Å². The number of hydrogen-bond donors (Lipinski definition) is 4. The number of rotatable bonds is 19. The second-order valence-electron chi connectivity index (χ2n) is 14.4. The van der Waals surface area contributed by atoms with Gasteiger partial charge in [0.1, 0.15) is 12.1 Å². The number of amides is 5. The van der Waals surface area contributed by atoms with E-state index in [-0.39, 0.29) is 18.2 Å². The molecule has 1 aliphatic rings. The van der Waals surface area contributed by atoms with Crippen LogP contribution in [0.4, 0.5) is 4.79 Å². The minimum Gasteiger partial charge on any atom is -0.363 e. The number of carbonyl (C=O) groups excluding carboxylic acids is 5. The number of ketones is 1. The quantitative estimate of drug-likeness (QED) is 0.0856. The van der Waals surface area contributed by atoms with E-state index in [1.54, 1.807) is 11.8 Å². The smallest absolute Gasteiger partial charge is 0.315 e. The van der Waals surface area contributed by atoms with Crippen molar-refractivity contribution in [2.75, 3.05) is 12.3 Å². The number of likely N-dealkylation sites (tertiary alicyclic amines) is 1. The largest absolute Gasteiger partial charge is 0.363 e. The van der Waals surface area contributed by atoms with Crippen molar-refractivity contribution in [1.82, 2.24) is 20.9 Å². The molecule has 11 heteroatoms. The van der Waals surface area contributed by atoms with Crippen molar-refractivity contribution < 1.29 is 24.0 Å². The highest BCUT2D eigenvalue weighted by atomic mass is 32.2. The summed E-state index contributed by atoms with van der Waals surface area (Å²) in [5.41, 5.74) is 4.15. The lowest BCUT2D eigenvalue weighted by molar-refractivity contribution is -0.143. The molecule has 10 nitrogen and oxygen atoms in total. The van der Waals surface area contributed by atoms with E-state index in [0.717, 1.165) is 50.7 Å². The van der Waals surface area contributed by atoms with E-state index in [2.05, 4.69) is 41.9 Å². The molecule has 47 heavy (non-hydrogen) atoms. The van der Waals surface area contributed by atoms with Gasteiger partial charge in [-0.25, -0.2) is 4.79 Å². The summed E-state index contributed by atoms with van der Waals surface area (Å²) < 4.78 is 0. The van der Waals surface area contributed by atoms with Crippen LogP contribution in [0, 0.1) is 11.3 Å². The van der Waals surface area contributed by atoms with E-state index in [4.69, 9.17) is 5.73 Å². The number of nitrogens with one attached hydrogen (secondary N) is 3. The molecule has 264 valence electrons. The highest BCUT2D eigenvalue weighted by Crippen LogP contribution is 2.28. The fraction of sp³-hybridized carbons (Fsp3) is 0.694. The zero-order valence-corrected chi connectivity index (χ0v) is 30.5. The summed E-state index contributed by atoms with van der Waals surface area (Å²) in [5, 5.41) is 8.90. The van der Waals surface area contributed by atoms with Crippen LogP contribution in [0.3, 0.4) is 0 Å². The molecule has 4 unspecified atom stereocenters. The van der Waals surface area contributed by atoms with E-state index in [1.165, 1.54) is 9.80 Å². The molecule has 1 aliphatic heterocycles. The summed E-state index contributed by atoms with van der Waals surface area (Å²) in [7, 11) is 0. The van der Waals surface area contributed by atoms with Crippen LogP contribution in [0.5, 0.6) is 0 Å². The van der Waals surface area contributed by atoms with E-state index in [9.17, 15) is 24.0 Å². The first kappa shape index (κ1) is 40.1. The van der Waals surface area contributed by atoms with Gasteiger partial charge < -0.3 is 26.6 Å². The molecule has 1 aromatic carbocycles. The van der Waals surface area contributed by atoms with Gasteiger partial charge in [0.05, 0.1) is 6.04 Å². The number of carbonyl (C=O) groups is 5. The van der Waals surface area contributed by atoms with Gasteiger partial charge in [0.2, 0.25) is 17.6 Å². The maximum absolute atomic E-state index is 14.1. The summed E-state index contributed by atoms with van der Waals surface area (Å²) in [4.78, 5) is 68.1. The molecule has 0 bridgehead atoms. The van der Waals surface area contributed by atoms with Gasteiger partial charge in [-0.3, -0.25) is 19.2 Å². The average Bonchev–Trinajstić information content (AvgIpc) is 3.51. The Morgan fingerprint density at radius 2 is 1.66 bits per heavy atom. The van der Waals surface area contributed by atoms with E-state index >= 15 is 0 Å². The predicted molar refractivity (Wildman–Crippen MR) is 189 cm³/mol. The van der Waals surface area contributed by atoms with Gasteiger partial charge >= 0.3 is 6.03 Å². The Kier molecular flexibility index (Phi) is 16.3. The van der Waals surface area contributed by atoms with Crippen molar-refractivity contribution in [3.8, 4) is 0 Å². The van der Waals surface area contributed by atoms with Gasteiger partial charge in [-0.15, -0.1) is 11.8 Å². The molecule has 1 heterocycles. The lowest BCUT2D eigenvalue weighted by Crippen LogP contribution is -2.61. The SMILES string of the molecule is CCCCCCC(C)(CCSc1ccccc1)NC(=O)NC(C(=O)N1CCC[C@H]1C(=O)NC(CC(C)CC)C(=O)C(N)=O)C(C)(C)C. The second-order valence-corrected chi connectivity index (χ2v) is 15.6. The third-order valence-corrected chi connectivity index (χ3v) is 10.1. The average molecular weight is 674 g/mol. The van der Waals surface area contributed by atoms with Crippen molar-refractivity contribution in [1.29, 1.82) is 0 Å². The van der Waals surface area contributed by atoms with Crippen LogP contribution in [-0.4, -0.2) is 70.4 Å². The number of nitrogens with zero attached hydrogens (tertiary/aromatic N) is 1. The summed E-state index contributed by atoms with van der Waals surface area (Å²) in [6.07, 6.45) is 7.97. The van der Waals surface area contributed by atoms with E-state index in [1.807, 2.05) is 52.8 Å². The van der Waals surface area contributed by atoms with Crippen LogP contribution in [0.2, 0.25) is 0 Å². The predicted octanol–water partition coefficient (Wildman–Crippen LogP) is 5.58. The molecule has 0 spiro atoms. The second kappa shape index (κ2) is 19.1. The van der Waals surface area contributed by atoms with Crippen molar-refractivity contribution >= 4 is 41.3 Å². The number of benzene rings is 1. The van der Waals surface area contributed by atoms with Crippen molar-refractivity contribution in [3.63, 3.8) is 0 Å². The van der Waals surface area contributed by atoms with Crippen molar-refractivity contribution in [3.05, 3.63) is 30.3 Å². The normalized spacial score (nSPS) is 18.0. The number of Topliss-reactive ketones (excluding diaryl/α,β-unsaturated/α-hetero) is 1. The van der Waals surface area contributed by atoms with Crippen LogP contribution in [-0.2, 0) is 19.2 Å². The zero-order valence-electron chi connectivity index (χ0n) is 29.7. The van der Waals surface area contributed by atoms with E-state index < -0.39 is 52.7 Å². The molecule has 0 aromatic heterocycles. The monoisotopic (exact) mass is 673 g/mol. The van der Waals surface area contributed by atoms with Crippen molar-refractivity contribution in [2.24, 2.45) is 17.1 Å². The number of primary amides is 1. The Hall–Kier alpha value is -3.08. The summed E-state index contributed by atoms with van der Waals surface area (Å²) in [6, 6.07) is 6.99. The van der Waals surface area contributed by atoms with Crippen LogP contribution >= 0.6 is 11.8 Å². The molecule has 2 rings (SSSR count). The van der Waals surface area contributed by atoms with Crippen LogP contribution in [0.15, 0.2) is 35.2 Å². The molecule has 0 radical (unpaired) electrons. The van der Waals surface area contributed by atoms with Gasteiger partial charge in [0.25, 0.3) is 5.91 Å². The standard InChI is InChI=1S/C36H59N5O5S/c1-8-10-11-15-20-36(7,21-23-47-26-17-13-12-14-18-26)40-34(46)39-30(35(4,5)6)33(45)41-22-16-19-28(41)32(44)38-27(24-25(3)9-2)29(42)31(37)43/h12-14,17-18,25,27-28,30H,8-11,15-16,19-24H2,1-7H3,(H2,37,43)(H,38,44)(H2,39,40,46)/t25?,27?,28-,30?,36?/m0/s1. The van der Waals surface area contributed by atoms with Gasteiger partial charge in [0.15, 0.2) is 0 Å². The first-order chi connectivity index (χ1) is 22.1. The Balaban J connectivity index is 2.18. The third-order valence-electron chi connectivity index (χ3n) is 9.10.